The van der Waals surface area contributed by atoms with Gasteiger partial charge in [0.1, 0.15) is 12.6 Å². The molecule has 2 bridgehead atoms. The van der Waals surface area contributed by atoms with E-state index in [-0.39, 0.29) is 23.9 Å². The number of hydrogen-bond donors (Lipinski definition) is 2. The number of hydroxylamine groups is 2. The lowest BCUT2D eigenvalue weighted by atomic mass is 10.0. The summed E-state index contributed by atoms with van der Waals surface area (Å²) in [4.78, 5) is 43.7. The standard InChI is InChI=1S/C18H24N4O4/c1-2-6-16(23)19-20-17(24)15-10-9-14-11-21(15)18(25)22(14)26-12-13-7-4-3-5-8-13/h3-5,7-8,14-15H,2,6,9-12H2,1H3,(H,19,23)(H,20,24). The predicted octanol–water partition coefficient (Wildman–Crippen LogP) is 1.33. The smallest absolute Gasteiger partial charge is 0.309 e. The van der Waals surface area contributed by atoms with Crippen LogP contribution in [0.15, 0.2) is 30.3 Å². The minimum absolute atomic E-state index is 0.0510. The Kier molecular flexibility index (Phi) is 5.72. The summed E-state index contributed by atoms with van der Waals surface area (Å²) < 4.78 is 0. The van der Waals surface area contributed by atoms with Crippen molar-refractivity contribution in [3.05, 3.63) is 35.9 Å². The monoisotopic (exact) mass is 360 g/mol. The zero-order chi connectivity index (χ0) is 18.5. The Labute approximate surface area is 152 Å². The van der Waals surface area contributed by atoms with E-state index in [0.29, 0.717) is 38.8 Å². The molecule has 1 aromatic carbocycles. The minimum Gasteiger partial charge on any atom is -0.309 e. The fraction of sp³-hybridized carbons (Fsp3) is 0.500. The van der Waals surface area contributed by atoms with Crippen molar-refractivity contribution < 1.29 is 19.2 Å². The summed E-state index contributed by atoms with van der Waals surface area (Å²) in [7, 11) is 0. The number of nitrogens with zero attached hydrogens (tertiary/aromatic N) is 2. The highest BCUT2D eigenvalue weighted by molar-refractivity contribution is 5.89. The van der Waals surface area contributed by atoms with E-state index in [4.69, 9.17) is 4.84 Å². The Morgan fingerprint density at radius 3 is 2.69 bits per heavy atom. The number of fused-ring (bicyclic) bond motifs is 2. The molecule has 2 unspecified atom stereocenters. The molecule has 0 spiro atoms. The van der Waals surface area contributed by atoms with Crippen LogP contribution in [0.5, 0.6) is 0 Å². The number of hydrazine groups is 1. The second-order valence-corrected chi connectivity index (χ2v) is 6.55. The molecular weight excluding hydrogens is 336 g/mol. The summed E-state index contributed by atoms with van der Waals surface area (Å²) in [6, 6.07) is 8.68. The highest BCUT2D eigenvalue weighted by Gasteiger charge is 2.47. The van der Waals surface area contributed by atoms with Crippen molar-refractivity contribution in [1.29, 1.82) is 0 Å². The van der Waals surface area contributed by atoms with Crippen LogP contribution < -0.4 is 10.9 Å². The number of nitrogens with one attached hydrogen (secondary N) is 2. The molecule has 4 amide bonds. The van der Waals surface area contributed by atoms with Crippen LogP contribution in [0.1, 0.15) is 38.2 Å². The highest BCUT2D eigenvalue weighted by Crippen LogP contribution is 2.30. The van der Waals surface area contributed by atoms with Crippen molar-refractivity contribution >= 4 is 17.8 Å². The third kappa shape index (κ3) is 3.96. The molecule has 2 saturated heterocycles. The third-order valence-corrected chi connectivity index (χ3v) is 4.64. The van der Waals surface area contributed by atoms with E-state index in [0.717, 1.165) is 5.56 Å². The first kappa shape index (κ1) is 18.2. The SMILES string of the molecule is CCCC(=O)NNC(=O)C1CCC2CN1C(=O)N2OCc1ccccc1. The molecular formula is C18H24N4O4. The average Bonchev–Trinajstić information content (AvgIpc) is 2.89. The van der Waals surface area contributed by atoms with Crippen LogP contribution >= 0.6 is 0 Å². The molecule has 2 aliphatic rings. The van der Waals surface area contributed by atoms with E-state index in [9.17, 15) is 14.4 Å². The first-order chi connectivity index (χ1) is 12.6. The van der Waals surface area contributed by atoms with E-state index >= 15 is 0 Å². The van der Waals surface area contributed by atoms with Gasteiger partial charge in [0.05, 0.1) is 6.04 Å². The summed E-state index contributed by atoms with van der Waals surface area (Å²) in [5, 5.41) is 1.38. The van der Waals surface area contributed by atoms with Crippen LogP contribution in [0, 0.1) is 0 Å². The lowest BCUT2D eigenvalue weighted by Gasteiger charge is -2.29. The predicted molar refractivity (Wildman–Crippen MR) is 93.2 cm³/mol. The normalized spacial score (nSPS) is 21.7. The van der Waals surface area contributed by atoms with Gasteiger partial charge >= 0.3 is 6.03 Å². The van der Waals surface area contributed by atoms with Crippen molar-refractivity contribution in [1.82, 2.24) is 20.8 Å². The van der Waals surface area contributed by atoms with E-state index in [1.54, 1.807) is 0 Å². The minimum atomic E-state index is -0.592. The van der Waals surface area contributed by atoms with Crippen molar-refractivity contribution in [3.63, 3.8) is 0 Å². The number of amides is 4. The Balaban J connectivity index is 1.55. The summed E-state index contributed by atoms with van der Waals surface area (Å²) in [5.41, 5.74) is 5.79. The Morgan fingerprint density at radius 2 is 1.96 bits per heavy atom. The number of urea groups is 1. The molecule has 0 aromatic heterocycles. The van der Waals surface area contributed by atoms with Crippen LogP contribution in [-0.4, -0.2) is 46.4 Å². The molecule has 140 valence electrons. The molecule has 3 rings (SSSR count). The second kappa shape index (κ2) is 8.18. The summed E-state index contributed by atoms with van der Waals surface area (Å²) >= 11 is 0. The van der Waals surface area contributed by atoms with E-state index < -0.39 is 6.04 Å². The highest BCUT2D eigenvalue weighted by atomic mass is 16.7. The summed E-state index contributed by atoms with van der Waals surface area (Å²) in [5.74, 6) is -0.610. The molecule has 26 heavy (non-hydrogen) atoms. The molecule has 0 saturated carbocycles. The van der Waals surface area contributed by atoms with Gasteiger partial charge in [-0.2, -0.15) is 5.06 Å². The maximum atomic E-state index is 12.6. The van der Waals surface area contributed by atoms with Crippen LogP contribution in [-0.2, 0) is 21.0 Å². The largest absolute Gasteiger partial charge is 0.345 e. The van der Waals surface area contributed by atoms with Gasteiger partial charge in [-0.25, -0.2) is 4.79 Å². The van der Waals surface area contributed by atoms with Crippen molar-refractivity contribution in [2.24, 2.45) is 0 Å². The van der Waals surface area contributed by atoms with Crippen molar-refractivity contribution in [2.45, 2.75) is 51.3 Å². The van der Waals surface area contributed by atoms with Gasteiger partial charge in [-0.15, -0.1) is 0 Å². The number of piperidine rings is 1. The lowest BCUT2D eigenvalue weighted by molar-refractivity contribution is -0.140. The van der Waals surface area contributed by atoms with E-state index in [1.807, 2.05) is 37.3 Å². The zero-order valence-corrected chi connectivity index (χ0v) is 14.8. The summed E-state index contributed by atoms with van der Waals surface area (Å²) in [6.45, 7) is 2.64. The average molecular weight is 360 g/mol. The molecule has 2 aliphatic heterocycles. The van der Waals surface area contributed by atoms with Gasteiger partial charge in [0.15, 0.2) is 0 Å². The second-order valence-electron chi connectivity index (χ2n) is 6.55. The lowest BCUT2D eigenvalue weighted by Crippen LogP contribution is -2.54. The number of carbonyl (C=O) groups is 3. The molecule has 2 heterocycles. The van der Waals surface area contributed by atoms with Gasteiger partial charge in [-0.3, -0.25) is 25.3 Å². The topological polar surface area (TPSA) is 91.0 Å². The number of carbonyl (C=O) groups excluding carboxylic acids is 3. The molecule has 2 N–H and O–H groups in total. The molecule has 0 aliphatic carbocycles. The van der Waals surface area contributed by atoms with Gasteiger partial charge < -0.3 is 4.90 Å². The fourth-order valence-corrected chi connectivity index (χ4v) is 3.29. The maximum Gasteiger partial charge on any atom is 0.345 e. The molecule has 0 radical (unpaired) electrons. The number of benzene rings is 1. The van der Waals surface area contributed by atoms with Crippen molar-refractivity contribution in [2.75, 3.05) is 6.54 Å². The first-order valence-electron chi connectivity index (χ1n) is 8.95. The quantitative estimate of drug-likeness (QED) is 0.749. The first-order valence-corrected chi connectivity index (χ1v) is 8.95. The number of hydrogen-bond acceptors (Lipinski definition) is 4. The van der Waals surface area contributed by atoms with Gasteiger partial charge in [-0.05, 0) is 24.8 Å². The van der Waals surface area contributed by atoms with Gasteiger partial charge in [-0.1, -0.05) is 37.3 Å². The third-order valence-electron chi connectivity index (χ3n) is 4.64. The Morgan fingerprint density at radius 1 is 1.19 bits per heavy atom. The van der Waals surface area contributed by atoms with Crippen LogP contribution in [0.3, 0.4) is 0 Å². The van der Waals surface area contributed by atoms with Gasteiger partial charge in [0, 0.05) is 13.0 Å². The number of rotatable bonds is 6. The Hall–Kier alpha value is -2.61. The Bertz CT molecular complexity index is 666. The zero-order valence-electron chi connectivity index (χ0n) is 14.8. The fourth-order valence-electron chi connectivity index (χ4n) is 3.29. The van der Waals surface area contributed by atoms with E-state index in [1.165, 1.54) is 9.96 Å². The van der Waals surface area contributed by atoms with Gasteiger partial charge in [0.25, 0.3) is 5.91 Å². The molecule has 8 nitrogen and oxygen atoms in total. The van der Waals surface area contributed by atoms with Gasteiger partial charge in [0.2, 0.25) is 5.91 Å². The molecule has 1 aromatic rings. The molecule has 8 heteroatoms. The van der Waals surface area contributed by atoms with Crippen LogP contribution in [0.4, 0.5) is 4.79 Å². The summed E-state index contributed by atoms with van der Waals surface area (Å²) in [6.07, 6.45) is 2.26. The van der Waals surface area contributed by atoms with Crippen molar-refractivity contribution in [3.8, 4) is 0 Å². The van der Waals surface area contributed by atoms with Crippen LogP contribution in [0.2, 0.25) is 0 Å². The molecule has 2 atom stereocenters. The molecule has 2 fully saturated rings. The van der Waals surface area contributed by atoms with E-state index in [2.05, 4.69) is 10.9 Å². The maximum absolute atomic E-state index is 12.6. The van der Waals surface area contributed by atoms with Crippen LogP contribution in [0.25, 0.3) is 0 Å².